The van der Waals surface area contributed by atoms with E-state index in [4.69, 9.17) is 4.74 Å². The summed E-state index contributed by atoms with van der Waals surface area (Å²) in [5.74, 6) is 0.606. The predicted molar refractivity (Wildman–Crippen MR) is 56.1 cm³/mol. The smallest absolute Gasteiger partial charge is 0.307 e. The van der Waals surface area contributed by atoms with Gasteiger partial charge in [-0.2, -0.15) is 0 Å². The molecule has 3 nitrogen and oxygen atoms in total. The van der Waals surface area contributed by atoms with Crippen molar-refractivity contribution in [2.75, 3.05) is 14.2 Å². The Bertz CT molecular complexity index is 205. The van der Waals surface area contributed by atoms with Crippen LogP contribution in [0.3, 0.4) is 0 Å². The van der Waals surface area contributed by atoms with E-state index in [2.05, 4.69) is 12.2 Å². The number of hydrogen-bond acceptors (Lipinski definition) is 3. The Morgan fingerprint density at radius 2 is 2.36 bits per heavy atom. The molecule has 0 heterocycles. The molecule has 0 spiro atoms. The van der Waals surface area contributed by atoms with Gasteiger partial charge in [0.25, 0.3) is 0 Å². The molecule has 0 amide bonds. The Labute approximate surface area is 86.2 Å². The zero-order valence-corrected chi connectivity index (χ0v) is 9.43. The predicted octanol–water partition coefficient (Wildman–Crippen LogP) is 1.72. The van der Waals surface area contributed by atoms with Crippen LogP contribution in [0.25, 0.3) is 0 Å². The first-order chi connectivity index (χ1) is 6.62. The molecule has 2 unspecified atom stereocenters. The molecular weight excluding hydrogens is 178 g/mol. The molecule has 1 aliphatic carbocycles. The third kappa shape index (κ3) is 2.71. The van der Waals surface area contributed by atoms with Crippen molar-refractivity contribution in [3.05, 3.63) is 0 Å². The van der Waals surface area contributed by atoms with E-state index in [1.807, 2.05) is 7.05 Å². The lowest BCUT2D eigenvalue weighted by atomic mass is 9.74. The molecule has 1 N–H and O–H groups in total. The van der Waals surface area contributed by atoms with Gasteiger partial charge in [0.1, 0.15) is 0 Å². The number of rotatable bonds is 3. The molecule has 0 aromatic carbocycles. The van der Waals surface area contributed by atoms with E-state index in [9.17, 15) is 4.79 Å². The van der Waals surface area contributed by atoms with E-state index >= 15 is 0 Å². The highest BCUT2D eigenvalue weighted by Gasteiger charge is 2.35. The first kappa shape index (κ1) is 11.5. The van der Waals surface area contributed by atoms with E-state index in [-0.39, 0.29) is 11.5 Å². The average Bonchev–Trinajstić information content (AvgIpc) is 2.17. The second kappa shape index (κ2) is 4.78. The van der Waals surface area contributed by atoms with Crippen LogP contribution < -0.4 is 5.32 Å². The van der Waals surface area contributed by atoms with E-state index in [1.54, 1.807) is 0 Å². The summed E-state index contributed by atoms with van der Waals surface area (Å²) in [6, 6.07) is 0. The Kier molecular flexibility index (Phi) is 3.93. The first-order valence-corrected chi connectivity index (χ1v) is 5.37. The van der Waals surface area contributed by atoms with Crippen molar-refractivity contribution < 1.29 is 9.53 Å². The second-order valence-electron chi connectivity index (χ2n) is 4.48. The van der Waals surface area contributed by atoms with Crippen molar-refractivity contribution in [2.45, 2.75) is 44.6 Å². The highest BCUT2D eigenvalue weighted by atomic mass is 16.5. The van der Waals surface area contributed by atoms with Gasteiger partial charge in [-0.15, -0.1) is 0 Å². The summed E-state index contributed by atoms with van der Waals surface area (Å²) in [7, 11) is 3.40. The van der Waals surface area contributed by atoms with E-state index in [0.29, 0.717) is 12.3 Å². The van der Waals surface area contributed by atoms with Crippen LogP contribution in [0.1, 0.15) is 39.0 Å². The Hall–Kier alpha value is -0.570. The second-order valence-corrected chi connectivity index (χ2v) is 4.48. The van der Waals surface area contributed by atoms with Crippen LogP contribution in [0.4, 0.5) is 0 Å². The fraction of sp³-hybridized carbons (Fsp3) is 0.909. The maximum atomic E-state index is 11.3. The van der Waals surface area contributed by atoms with Crippen LogP contribution in [-0.2, 0) is 9.53 Å². The molecule has 14 heavy (non-hydrogen) atoms. The summed E-state index contributed by atoms with van der Waals surface area (Å²) >= 11 is 0. The first-order valence-electron chi connectivity index (χ1n) is 5.37. The van der Waals surface area contributed by atoms with E-state index in [1.165, 1.54) is 20.0 Å². The molecule has 82 valence electrons. The molecule has 3 heteroatoms. The molecule has 0 aliphatic heterocycles. The van der Waals surface area contributed by atoms with Crippen LogP contribution in [0.2, 0.25) is 0 Å². The average molecular weight is 199 g/mol. The summed E-state index contributed by atoms with van der Waals surface area (Å²) in [4.78, 5) is 11.3. The Morgan fingerprint density at radius 1 is 1.64 bits per heavy atom. The van der Waals surface area contributed by atoms with Gasteiger partial charge in [0.2, 0.25) is 0 Å². The molecule has 1 aliphatic rings. The van der Waals surface area contributed by atoms with Gasteiger partial charge in [-0.1, -0.05) is 19.8 Å². The van der Waals surface area contributed by atoms with E-state index < -0.39 is 0 Å². The van der Waals surface area contributed by atoms with Crippen molar-refractivity contribution in [3.8, 4) is 0 Å². The molecule has 2 atom stereocenters. The van der Waals surface area contributed by atoms with Gasteiger partial charge in [-0.25, -0.2) is 0 Å². The lowest BCUT2D eigenvalue weighted by Gasteiger charge is -2.39. The van der Waals surface area contributed by atoms with Crippen molar-refractivity contribution >= 4 is 5.97 Å². The maximum Gasteiger partial charge on any atom is 0.307 e. The lowest BCUT2D eigenvalue weighted by Crippen LogP contribution is -2.48. The minimum Gasteiger partial charge on any atom is -0.469 e. The minimum atomic E-state index is -0.103. The van der Waals surface area contributed by atoms with Crippen molar-refractivity contribution in [1.29, 1.82) is 0 Å². The number of carbonyl (C=O) groups excluding carboxylic acids is 1. The maximum absolute atomic E-state index is 11.3. The standard InChI is InChI=1S/C11H21NO2/c1-9-5-4-6-11(7-9,12-2)8-10(13)14-3/h9,12H,4-8H2,1-3H3. The molecule has 0 radical (unpaired) electrons. The fourth-order valence-electron chi connectivity index (χ4n) is 2.48. The van der Waals surface area contributed by atoms with E-state index in [0.717, 1.165) is 12.8 Å². The monoisotopic (exact) mass is 199 g/mol. The Balaban J connectivity index is 2.60. The minimum absolute atomic E-state index is 0.00917. The van der Waals surface area contributed by atoms with Gasteiger partial charge in [0.15, 0.2) is 0 Å². The number of esters is 1. The third-order valence-corrected chi connectivity index (χ3v) is 3.33. The normalized spacial score (nSPS) is 32.6. The summed E-state index contributed by atoms with van der Waals surface area (Å²) in [6.45, 7) is 2.25. The topological polar surface area (TPSA) is 38.3 Å². The Morgan fingerprint density at radius 3 is 2.86 bits per heavy atom. The van der Waals surface area contributed by atoms with Crippen molar-refractivity contribution in [3.63, 3.8) is 0 Å². The lowest BCUT2D eigenvalue weighted by molar-refractivity contribution is -0.142. The van der Waals surface area contributed by atoms with Crippen molar-refractivity contribution in [1.82, 2.24) is 5.32 Å². The summed E-state index contributed by atoms with van der Waals surface area (Å²) in [6.07, 6.45) is 5.16. The van der Waals surface area contributed by atoms with Crippen LogP contribution in [0, 0.1) is 5.92 Å². The number of nitrogens with one attached hydrogen (secondary N) is 1. The molecule has 0 saturated heterocycles. The molecule has 1 saturated carbocycles. The van der Waals surface area contributed by atoms with Gasteiger partial charge in [0.05, 0.1) is 13.5 Å². The molecule has 1 fully saturated rings. The summed E-state index contributed by atoms with van der Waals surface area (Å²) in [5, 5.41) is 3.31. The quantitative estimate of drug-likeness (QED) is 0.703. The van der Waals surface area contributed by atoms with Crippen molar-refractivity contribution in [2.24, 2.45) is 5.92 Å². The third-order valence-electron chi connectivity index (χ3n) is 3.33. The number of carbonyl (C=O) groups is 1. The fourth-order valence-corrected chi connectivity index (χ4v) is 2.48. The van der Waals surface area contributed by atoms with Crippen LogP contribution in [0.15, 0.2) is 0 Å². The molecule has 0 bridgehead atoms. The number of hydrogen-bond donors (Lipinski definition) is 1. The zero-order chi connectivity index (χ0) is 10.6. The van der Waals surface area contributed by atoms with Gasteiger partial charge in [-0.3, -0.25) is 4.79 Å². The largest absolute Gasteiger partial charge is 0.469 e. The zero-order valence-electron chi connectivity index (χ0n) is 9.43. The molecule has 0 aromatic rings. The van der Waals surface area contributed by atoms with Gasteiger partial charge in [-0.05, 0) is 25.8 Å². The summed E-state index contributed by atoms with van der Waals surface area (Å²) in [5.41, 5.74) is -0.00917. The van der Waals surface area contributed by atoms with Crippen LogP contribution in [-0.4, -0.2) is 25.7 Å². The SMILES string of the molecule is CNC1(CC(=O)OC)CCCC(C)C1. The van der Waals surface area contributed by atoms with Crippen LogP contribution >= 0.6 is 0 Å². The molecule has 0 aromatic heterocycles. The van der Waals surface area contributed by atoms with Crippen LogP contribution in [0.5, 0.6) is 0 Å². The molecule has 1 rings (SSSR count). The van der Waals surface area contributed by atoms with Gasteiger partial charge in [0, 0.05) is 5.54 Å². The van der Waals surface area contributed by atoms with Gasteiger partial charge < -0.3 is 10.1 Å². The molecular formula is C11H21NO2. The number of ether oxygens (including phenoxy) is 1. The summed E-state index contributed by atoms with van der Waals surface area (Å²) < 4.78 is 4.74. The highest BCUT2D eigenvalue weighted by molar-refractivity contribution is 5.70. The van der Waals surface area contributed by atoms with Gasteiger partial charge >= 0.3 is 5.97 Å². The highest BCUT2D eigenvalue weighted by Crippen LogP contribution is 2.34. The number of methoxy groups -OCH3 is 1.